The summed E-state index contributed by atoms with van der Waals surface area (Å²) in [5.74, 6) is 0.517. The molecule has 144 valence electrons. The van der Waals surface area contributed by atoms with E-state index in [0.29, 0.717) is 23.5 Å². The van der Waals surface area contributed by atoms with Gasteiger partial charge in [0.15, 0.2) is 0 Å². The van der Waals surface area contributed by atoms with E-state index in [9.17, 15) is 10.1 Å². The monoisotopic (exact) mass is 364 g/mol. The third kappa shape index (κ3) is 4.12. The van der Waals surface area contributed by atoms with Crippen LogP contribution in [-0.4, -0.2) is 35.4 Å². The van der Waals surface area contributed by atoms with Crippen LogP contribution in [0.25, 0.3) is 0 Å². The summed E-state index contributed by atoms with van der Waals surface area (Å²) in [6.07, 6.45) is 0. The van der Waals surface area contributed by atoms with Crippen LogP contribution in [0.2, 0.25) is 0 Å². The highest BCUT2D eigenvalue weighted by Gasteiger charge is 2.53. The average Bonchev–Trinajstić information content (AvgIpc) is 2.65. The van der Waals surface area contributed by atoms with Gasteiger partial charge in [-0.05, 0) is 55.4 Å². The number of nitrogens with one attached hydrogen (secondary N) is 1. The van der Waals surface area contributed by atoms with Crippen molar-refractivity contribution in [2.24, 2.45) is 0 Å². The van der Waals surface area contributed by atoms with Crippen LogP contribution in [-0.2, 0) is 9.31 Å². The Labute approximate surface area is 155 Å². The Balaban J connectivity index is 2.55. The molecule has 1 N–H and O–H groups in total. The third-order valence-electron chi connectivity index (χ3n) is 4.64. The topological polar surface area (TPSA) is 82.9 Å². The molecule has 0 unspecified atom stereocenters. The fraction of sp³-hybridized carbons (Fsp3) is 0.667. The van der Waals surface area contributed by atoms with Crippen molar-refractivity contribution in [3.05, 3.63) is 22.2 Å². The van der Waals surface area contributed by atoms with Gasteiger partial charge < -0.3 is 19.4 Å². The van der Waals surface area contributed by atoms with Crippen LogP contribution in [0.5, 0.6) is 5.75 Å². The fourth-order valence-corrected chi connectivity index (χ4v) is 2.67. The standard InChI is InChI=1S/C18H29BN2O5/c1-9-24-15-11-13(20-16(2,3)4)14(21(22)23)10-12(15)19-25-17(5,6)18(7,8)26-19/h10-11,20H,9H2,1-8H3. The molecule has 1 aliphatic rings. The lowest BCUT2D eigenvalue weighted by Crippen LogP contribution is -2.41. The molecule has 0 amide bonds. The highest BCUT2D eigenvalue weighted by molar-refractivity contribution is 6.63. The summed E-state index contributed by atoms with van der Waals surface area (Å²) >= 11 is 0. The number of nitrogens with zero attached hydrogens (tertiary/aromatic N) is 1. The number of hydrogen-bond acceptors (Lipinski definition) is 6. The molecule has 1 aromatic carbocycles. The van der Waals surface area contributed by atoms with E-state index in [1.165, 1.54) is 6.07 Å². The number of nitro groups is 1. The first kappa shape index (κ1) is 20.5. The van der Waals surface area contributed by atoms with Crippen LogP contribution in [0.3, 0.4) is 0 Å². The van der Waals surface area contributed by atoms with Gasteiger partial charge in [-0.25, -0.2) is 0 Å². The van der Waals surface area contributed by atoms with E-state index in [4.69, 9.17) is 14.0 Å². The smallest absolute Gasteiger partial charge is 0.494 e. The first-order valence-electron chi connectivity index (χ1n) is 8.86. The van der Waals surface area contributed by atoms with E-state index in [0.717, 1.165) is 0 Å². The van der Waals surface area contributed by atoms with E-state index in [1.807, 2.05) is 55.4 Å². The van der Waals surface area contributed by atoms with Crippen LogP contribution < -0.4 is 15.5 Å². The molecule has 7 nitrogen and oxygen atoms in total. The minimum Gasteiger partial charge on any atom is -0.494 e. The zero-order valence-corrected chi connectivity index (χ0v) is 16.9. The highest BCUT2D eigenvalue weighted by Crippen LogP contribution is 2.38. The van der Waals surface area contributed by atoms with Crippen LogP contribution >= 0.6 is 0 Å². The van der Waals surface area contributed by atoms with Crippen LogP contribution in [0.4, 0.5) is 11.4 Å². The predicted octanol–water partition coefficient (Wildman–Crippen LogP) is 3.50. The Bertz CT molecular complexity index is 682. The maximum atomic E-state index is 11.6. The summed E-state index contributed by atoms with van der Waals surface area (Å²) in [6.45, 7) is 15.9. The quantitative estimate of drug-likeness (QED) is 0.489. The van der Waals surface area contributed by atoms with E-state index in [1.54, 1.807) is 6.07 Å². The molecule has 1 fully saturated rings. The molecule has 2 rings (SSSR count). The number of hydrogen-bond donors (Lipinski definition) is 1. The molecule has 0 saturated carbocycles. The van der Waals surface area contributed by atoms with Crippen LogP contribution in [0.15, 0.2) is 12.1 Å². The third-order valence-corrected chi connectivity index (χ3v) is 4.64. The lowest BCUT2D eigenvalue weighted by molar-refractivity contribution is -0.383. The summed E-state index contributed by atoms with van der Waals surface area (Å²) in [6, 6.07) is 3.15. The fourth-order valence-electron chi connectivity index (χ4n) is 2.67. The van der Waals surface area contributed by atoms with E-state index in [2.05, 4.69) is 5.32 Å². The van der Waals surface area contributed by atoms with Gasteiger partial charge in [-0.3, -0.25) is 10.1 Å². The van der Waals surface area contributed by atoms with Gasteiger partial charge in [-0.1, -0.05) is 0 Å². The van der Waals surface area contributed by atoms with Crippen molar-refractivity contribution in [2.45, 2.75) is 72.1 Å². The lowest BCUT2D eigenvalue weighted by Gasteiger charge is -2.32. The Hall–Kier alpha value is -1.80. The summed E-state index contributed by atoms with van der Waals surface area (Å²) < 4.78 is 17.9. The average molecular weight is 364 g/mol. The minimum atomic E-state index is -0.732. The molecule has 1 heterocycles. The molecule has 0 bridgehead atoms. The van der Waals surface area contributed by atoms with Gasteiger partial charge in [-0.15, -0.1) is 0 Å². The largest absolute Gasteiger partial charge is 0.498 e. The normalized spacial score (nSPS) is 18.7. The summed E-state index contributed by atoms with van der Waals surface area (Å²) in [5.41, 5.74) is -0.521. The van der Waals surface area contributed by atoms with Crippen molar-refractivity contribution in [2.75, 3.05) is 11.9 Å². The number of ether oxygens (including phenoxy) is 1. The molecule has 0 atom stereocenters. The predicted molar refractivity (Wildman–Crippen MR) is 103 cm³/mol. The Morgan fingerprint density at radius 3 is 2.15 bits per heavy atom. The van der Waals surface area contributed by atoms with Crippen LogP contribution in [0.1, 0.15) is 55.4 Å². The van der Waals surface area contributed by atoms with Gasteiger partial charge in [0.25, 0.3) is 5.69 Å². The van der Waals surface area contributed by atoms with Crippen molar-refractivity contribution in [1.29, 1.82) is 0 Å². The Kier molecular flexibility index (Phi) is 5.32. The minimum absolute atomic E-state index is 0.0342. The maximum absolute atomic E-state index is 11.6. The van der Waals surface area contributed by atoms with E-state index in [-0.39, 0.29) is 11.2 Å². The van der Waals surface area contributed by atoms with Crippen molar-refractivity contribution in [3.8, 4) is 5.75 Å². The SMILES string of the molecule is CCOc1cc(NC(C)(C)C)c([N+](=O)[O-])cc1B1OC(C)(C)C(C)(C)O1. The summed E-state index contributed by atoms with van der Waals surface area (Å²) in [5, 5.41) is 14.8. The molecule has 8 heteroatoms. The molecule has 1 aliphatic heterocycles. The van der Waals surface area contributed by atoms with Crippen molar-refractivity contribution >= 4 is 24.0 Å². The lowest BCUT2D eigenvalue weighted by atomic mass is 9.77. The molecule has 0 aromatic heterocycles. The molecule has 26 heavy (non-hydrogen) atoms. The zero-order valence-electron chi connectivity index (χ0n) is 16.9. The van der Waals surface area contributed by atoms with Crippen molar-refractivity contribution in [1.82, 2.24) is 0 Å². The second kappa shape index (κ2) is 6.74. The molecule has 0 aliphatic carbocycles. The molecule has 0 radical (unpaired) electrons. The second-order valence-corrected chi connectivity index (χ2v) is 8.56. The van der Waals surface area contributed by atoms with Gasteiger partial charge in [0.05, 0.1) is 22.7 Å². The highest BCUT2D eigenvalue weighted by atomic mass is 16.7. The van der Waals surface area contributed by atoms with Gasteiger partial charge in [0.1, 0.15) is 11.4 Å². The second-order valence-electron chi connectivity index (χ2n) is 8.56. The molecular weight excluding hydrogens is 335 g/mol. The van der Waals surface area contributed by atoms with Gasteiger partial charge in [0.2, 0.25) is 0 Å². The maximum Gasteiger partial charge on any atom is 0.498 e. The molecule has 0 spiro atoms. The van der Waals surface area contributed by atoms with Crippen LogP contribution in [0, 0.1) is 10.1 Å². The van der Waals surface area contributed by atoms with Gasteiger partial charge in [0, 0.05) is 23.1 Å². The summed E-state index contributed by atoms with van der Waals surface area (Å²) in [7, 11) is -0.732. The van der Waals surface area contributed by atoms with Crippen molar-refractivity contribution < 1.29 is 19.0 Å². The summed E-state index contributed by atoms with van der Waals surface area (Å²) in [4.78, 5) is 11.2. The van der Waals surface area contributed by atoms with Crippen molar-refractivity contribution in [3.63, 3.8) is 0 Å². The Morgan fingerprint density at radius 2 is 1.73 bits per heavy atom. The van der Waals surface area contributed by atoms with E-state index < -0.39 is 23.2 Å². The first-order valence-corrected chi connectivity index (χ1v) is 8.86. The first-order chi connectivity index (χ1) is 11.8. The van der Waals surface area contributed by atoms with Gasteiger partial charge in [-0.2, -0.15) is 0 Å². The zero-order chi connectivity index (χ0) is 19.9. The number of benzene rings is 1. The molecule has 1 aromatic rings. The molecular formula is C18H29BN2O5. The van der Waals surface area contributed by atoms with Gasteiger partial charge >= 0.3 is 7.12 Å². The number of nitro benzene ring substituents is 1. The number of anilines is 1. The Morgan fingerprint density at radius 1 is 1.19 bits per heavy atom. The van der Waals surface area contributed by atoms with E-state index >= 15 is 0 Å². The number of rotatable bonds is 5. The molecule has 1 saturated heterocycles.